The Balaban J connectivity index is 0.000000845. The SMILES string of the molecule is Brc1ncccc1[C@H]1CCCN1.Cl. The molecule has 1 aromatic rings. The van der Waals surface area contributed by atoms with Gasteiger partial charge >= 0.3 is 0 Å². The van der Waals surface area contributed by atoms with Crippen molar-refractivity contribution < 1.29 is 0 Å². The summed E-state index contributed by atoms with van der Waals surface area (Å²) in [4.78, 5) is 4.20. The van der Waals surface area contributed by atoms with Crippen molar-refractivity contribution in [3.63, 3.8) is 0 Å². The minimum Gasteiger partial charge on any atom is -0.310 e. The van der Waals surface area contributed by atoms with Crippen molar-refractivity contribution in [2.45, 2.75) is 18.9 Å². The molecule has 2 heterocycles. The molecule has 2 rings (SSSR count). The van der Waals surface area contributed by atoms with Crippen LogP contribution < -0.4 is 5.32 Å². The van der Waals surface area contributed by atoms with Gasteiger partial charge in [0.05, 0.1) is 0 Å². The summed E-state index contributed by atoms with van der Waals surface area (Å²) in [5.74, 6) is 0. The van der Waals surface area contributed by atoms with Crippen molar-refractivity contribution in [2.75, 3.05) is 6.54 Å². The van der Waals surface area contributed by atoms with Gasteiger partial charge in [0.2, 0.25) is 0 Å². The van der Waals surface area contributed by atoms with Gasteiger partial charge in [0, 0.05) is 17.8 Å². The van der Waals surface area contributed by atoms with Gasteiger partial charge in [0.25, 0.3) is 0 Å². The Morgan fingerprint density at radius 3 is 3.00 bits per heavy atom. The average Bonchev–Trinajstić information content (AvgIpc) is 2.57. The van der Waals surface area contributed by atoms with Crippen LogP contribution in [0.4, 0.5) is 0 Å². The fourth-order valence-electron chi connectivity index (χ4n) is 1.61. The lowest BCUT2D eigenvalue weighted by atomic mass is 10.1. The van der Waals surface area contributed by atoms with Crippen molar-refractivity contribution >= 4 is 28.3 Å². The Morgan fingerprint density at radius 2 is 2.38 bits per heavy atom. The van der Waals surface area contributed by atoms with Crippen molar-refractivity contribution in [2.24, 2.45) is 0 Å². The molecule has 1 N–H and O–H groups in total. The van der Waals surface area contributed by atoms with E-state index in [2.05, 4.69) is 32.3 Å². The average molecular weight is 264 g/mol. The quantitative estimate of drug-likeness (QED) is 0.788. The van der Waals surface area contributed by atoms with Gasteiger partial charge in [-0.2, -0.15) is 0 Å². The first-order valence-electron chi connectivity index (χ1n) is 4.22. The van der Waals surface area contributed by atoms with E-state index in [0.29, 0.717) is 6.04 Å². The van der Waals surface area contributed by atoms with Crippen LogP contribution in [0.5, 0.6) is 0 Å². The zero-order chi connectivity index (χ0) is 8.39. The number of pyridine rings is 1. The second-order valence-electron chi connectivity index (χ2n) is 3.03. The van der Waals surface area contributed by atoms with E-state index in [1.54, 1.807) is 0 Å². The lowest BCUT2D eigenvalue weighted by Gasteiger charge is -2.10. The van der Waals surface area contributed by atoms with Crippen LogP contribution in [-0.4, -0.2) is 11.5 Å². The van der Waals surface area contributed by atoms with Crippen molar-refractivity contribution in [1.82, 2.24) is 10.3 Å². The molecular formula is C9H12BrClN2. The topological polar surface area (TPSA) is 24.9 Å². The first-order chi connectivity index (χ1) is 5.88. The number of aromatic nitrogens is 1. The van der Waals surface area contributed by atoms with Gasteiger partial charge in [-0.25, -0.2) is 4.98 Å². The Labute approximate surface area is 92.7 Å². The molecule has 13 heavy (non-hydrogen) atoms. The van der Waals surface area contributed by atoms with Crippen LogP contribution in [0, 0.1) is 0 Å². The van der Waals surface area contributed by atoms with Crippen molar-refractivity contribution in [3.8, 4) is 0 Å². The summed E-state index contributed by atoms with van der Waals surface area (Å²) in [6.07, 6.45) is 4.30. The molecule has 4 heteroatoms. The molecule has 1 atom stereocenters. The smallest absolute Gasteiger partial charge is 0.110 e. The van der Waals surface area contributed by atoms with Crippen LogP contribution in [-0.2, 0) is 0 Å². The second-order valence-corrected chi connectivity index (χ2v) is 3.78. The summed E-state index contributed by atoms with van der Waals surface area (Å²) in [5, 5.41) is 3.44. The number of hydrogen-bond donors (Lipinski definition) is 1. The van der Waals surface area contributed by atoms with Crippen molar-refractivity contribution in [3.05, 3.63) is 28.5 Å². The molecule has 0 amide bonds. The largest absolute Gasteiger partial charge is 0.310 e. The van der Waals surface area contributed by atoms with E-state index in [9.17, 15) is 0 Å². The monoisotopic (exact) mass is 262 g/mol. The van der Waals surface area contributed by atoms with E-state index < -0.39 is 0 Å². The summed E-state index contributed by atoms with van der Waals surface area (Å²) < 4.78 is 0.976. The normalized spacial score (nSPS) is 21.2. The molecule has 0 radical (unpaired) electrons. The lowest BCUT2D eigenvalue weighted by molar-refractivity contribution is 0.641. The van der Waals surface area contributed by atoms with Crippen LogP contribution in [0.25, 0.3) is 0 Å². The van der Waals surface area contributed by atoms with E-state index in [4.69, 9.17) is 0 Å². The molecule has 1 fully saturated rings. The van der Waals surface area contributed by atoms with E-state index in [0.717, 1.165) is 11.1 Å². The number of nitrogens with zero attached hydrogens (tertiary/aromatic N) is 1. The molecule has 0 saturated carbocycles. The summed E-state index contributed by atoms with van der Waals surface area (Å²) in [6.45, 7) is 1.13. The fourth-order valence-corrected chi connectivity index (χ4v) is 2.14. The summed E-state index contributed by atoms with van der Waals surface area (Å²) in [6, 6.07) is 4.62. The summed E-state index contributed by atoms with van der Waals surface area (Å²) >= 11 is 3.46. The molecule has 1 aromatic heterocycles. The molecule has 0 bridgehead atoms. The van der Waals surface area contributed by atoms with Gasteiger partial charge in [0.1, 0.15) is 4.60 Å². The van der Waals surface area contributed by atoms with Gasteiger partial charge in [-0.05, 0) is 41.4 Å². The van der Waals surface area contributed by atoms with Gasteiger partial charge < -0.3 is 5.32 Å². The van der Waals surface area contributed by atoms with Crippen LogP contribution in [0.15, 0.2) is 22.9 Å². The summed E-state index contributed by atoms with van der Waals surface area (Å²) in [7, 11) is 0. The third-order valence-corrected chi connectivity index (χ3v) is 2.89. The highest BCUT2D eigenvalue weighted by atomic mass is 79.9. The standard InChI is InChI=1S/C9H11BrN2.ClH/c10-9-7(3-1-6-12-9)8-4-2-5-11-8;/h1,3,6,8,11H,2,4-5H2;1H/t8-;/m1./s1. The Kier molecular flexibility index (Phi) is 4.16. The maximum atomic E-state index is 4.20. The second kappa shape index (κ2) is 4.94. The zero-order valence-electron chi connectivity index (χ0n) is 7.16. The van der Waals surface area contributed by atoms with E-state index >= 15 is 0 Å². The maximum absolute atomic E-state index is 4.20. The number of halogens is 2. The number of hydrogen-bond acceptors (Lipinski definition) is 2. The molecule has 0 spiro atoms. The molecule has 1 aliphatic rings. The Morgan fingerprint density at radius 1 is 1.54 bits per heavy atom. The van der Waals surface area contributed by atoms with Gasteiger partial charge in [-0.1, -0.05) is 6.07 Å². The molecule has 0 aromatic carbocycles. The first-order valence-corrected chi connectivity index (χ1v) is 5.01. The van der Waals surface area contributed by atoms with E-state index in [1.807, 2.05) is 12.3 Å². The predicted molar refractivity (Wildman–Crippen MR) is 59.2 cm³/mol. The van der Waals surface area contributed by atoms with Crippen molar-refractivity contribution in [1.29, 1.82) is 0 Å². The molecule has 2 nitrogen and oxygen atoms in total. The highest BCUT2D eigenvalue weighted by Crippen LogP contribution is 2.27. The molecule has 0 aliphatic carbocycles. The van der Waals surface area contributed by atoms with Gasteiger partial charge in [-0.3, -0.25) is 0 Å². The van der Waals surface area contributed by atoms with Crippen LogP contribution in [0.3, 0.4) is 0 Å². The zero-order valence-corrected chi connectivity index (χ0v) is 9.57. The minimum atomic E-state index is 0. The molecule has 72 valence electrons. The van der Waals surface area contributed by atoms with Crippen LogP contribution >= 0.6 is 28.3 Å². The number of rotatable bonds is 1. The van der Waals surface area contributed by atoms with Crippen LogP contribution in [0.1, 0.15) is 24.4 Å². The Hall–Kier alpha value is -0.120. The fraction of sp³-hybridized carbons (Fsp3) is 0.444. The maximum Gasteiger partial charge on any atom is 0.110 e. The third-order valence-electron chi connectivity index (χ3n) is 2.22. The molecule has 1 aliphatic heterocycles. The van der Waals surface area contributed by atoms with E-state index in [-0.39, 0.29) is 12.4 Å². The predicted octanol–water partition coefficient (Wildman–Crippen LogP) is 2.69. The highest BCUT2D eigenvalue weighted by molar-refractivity contribution is 9.10. The van der Waals surface area contributed by atoms with Crippen LogP contribution in [0.2, 0.25) is 0 Å². The Bertz CT molecular complexity index is 274. The van der Waals surface area contributed by atoms with Gasteiger partial charge in [0.15, 0.2) is 0 Å². The minimum absolute atomic E-state index is 0. The first kappa shape index (κ1) is 11.0. The third kappa shape index (κ3) is 2.42. The van der Waals surface area contributed by atoms with E-state index in [1.165, 1.54) is 18.4 Å². The highest BCUT2D eigenvalue weighted by Gasteiger charge is 2.18. The van der Waals surface area contributed by atoms with Gasteiger partial charge in [-0.15, -0.1) is 12.4 Å². The molecule has 1 saturated heterocycles. The molecule has 0 unspecified atom stereocenters. The number of nitrogens with one attached hydrogen (secondary N) is 1. The lowest BCUT2D eigenvalue weighted by Crippen LogP contribution is -2.13. The molecular weight excluding hydrogens is 251 g/mol. The summed E-state index contributed by atoms with van der Waals surface area (Å²) in [5.41, 5.74) is 1.29.